The van der Waals surface area contributed by atoms with E-state index in [2.05, 4.69) is 36.5 Å². The second-order valence-corrected chi connectivity index (χ2v) is 5.60. The molecule has 0 amide bonds. The first-order valence-electron chi connectivity index (χ1n) is 7.32. The third kappa shape index (κ3) is 2.62. The lowest BCUT2D eigenvalue weighted by molar-refractivity contribution is 0.129. The van der Waals surface area contributed by atoms with Crippen molar-refractivity contribution in [3.63, 3.8) is 0 Å². The minimum absolute atomic E-state index is 0.0357. The van der Waals surface area contributed by atoms with E-state index in [4.69, 9.17) is 0 Å². The van der Waals surface area contributed by atoms with Crippen LogP contribution in [0.5, 0.6) is 0 Å². The summed E-state index contributed by atoms with van der Waals surface area (Å²) in [4.78, 5) is 0. The van der Waals surface area contributed by atoms with E-state index in [1.165, 1.54) is 11.1 Å². The summed E-state index contributed by atoms with van der Waals surface area (Å²) in [7, 11) is 0. The van der Waals surface area contributed by atoms with Gasteiger partial charge >= 0.3 is 0 Å². The van der Waals surface area contributed by atoms with Gasteiger partial charge < -0.3 is 10.4 Å². The zero-order chi connectivity index (χ0) is 13.9. The Hall–Kier alpha value is -1.64. The average molecular weight is 267 g/mol. The molecule has 0 aromatic heterocycles. The molecular formula is C18H21NO. The van der Waals surface area contributed by atoms with Gasteiger partial charge in [-0.05, 0) is 36.5 Å². The Kier molecular flexibility index (Phi) is 3.86. The molecule has 2 aromatic rings. The molecule has 104 valence electrons. The van der Waals surface area contributed by atoms with E-state index in [1.54, 1.807) is 0 Å². The van der Waals surface area contributed by atoms with Gasteiger partial charge in [0.2, 0.25) is 0 Å². The summed E-state index contributed by atoms with van der Waals surface area (Å²) in [5.74, 6) is 0. The highest BCUT2D eigenvalue weighted by Crippen LogP contribution is 2.32. The van der Waals surface area contributed by atoms with E-state index < -0.39 is 6.10 Å². The van der Waals surface area contributed by atoms with Crippen LogP contribution in [0, 0.1) is 0 Å². The van der Waals surface area contributed by atoms with Crippen LogP contribution in [0.3, 0.4) is 0 Å². The summed E-state index contributed by atoms with van der Waals surface area (Å²) < 4.78 is 0. The molecule has 3 rings (SSSR count). The normalized spacial score (nSPS) is 20.4. The number of aliphatic hydroxyl groups is 1. The minimum Gasteiger partial charge on any atom is -0.387 e. The molecule has 20 heavy (non-hydrogen) atoms. The van der Waals surface area contributed by atoms with Crippen molar-refractivity contribution in [3.8, 4) is 0 Å². The summed E-state index contributed by atoms with van der Waals surface area (Å²) in [6.07, 6.45) is 1.77. The lowest BCUT2D eigenvalue weighted by atomic mass is 10.0. The molecular weight excluding hydrogens is 246 g/mol. The molecule has 3 unspecified atom stereocenters. The number of fused-ring (bicyclic) bond motifs is 1. The highest BCUT2D eigenvalue weighted by molar-refractivity contribution is 5.34. The molecule has 0 heterocycles. The molecule has 1 aliphatic rings. The SMILES string of the molecule is CC(NC1CCc2ccccc21)C(O)c1ccccc1. The number of rotatable bonds is 4. The predicted molar refractivity (Wildman–Crippen MR) is 81.5 cm³/mol. The van der Waals surface area contributed by atoms with Crippen molar-refractivity contribution in [2.45, 2.75) is 38.0 Å². The molecule has 0 bridgehead atoms. The topological polar surface area (TPSA) is 32.3 Å². The fraction of sp³-hybridized carbons (Fsp3) is 0.333. The second-order valence-electron chi connectivity index (χ2n) is 5.60. The Morgan fingerprint density at radius 1 is 1.05 bits per heavy atom. The van der Waals surface area contributed by atoms with Crippen molar-refractivity contribution in [3.05, 3.63) is 71.3 Å². The largest absolute Gasteiger partial charge is 0.387 e. The zero-order valence-electron chi connectivity index (χ0n) is 11.8. The third-order valence-corrected chi connectivity index (χ3v) is 4.21. The average Bonchev–Trinajstić information content (AvgIpc) is 2.91. The van der Waals surface area contributed by atoms with E-state index in [0.29, 0.717) is 6.04 Å². The number of benzene rings is 2. The van der Waals surface area contributed by atoms with E-state index in [0.717, 1.165) is 18.4 Å². The summed E-state index contributed by atoms with van der Waals surface area (Å²) >= 11 is 0. The van der Waals surface area contributed by atoms with E-state index in [9.17, 15) is 5.11 Å². The molecule has 2 N–H and O–H groups in total. The molecule has 1 aliphatic carbocycles. The van der Waals surface area contributed by atoms with Gasteiger partial charge in [0.05, 0.1) is 6.10 Å². The van der Waals surface area contributed by atoms with Gasteiger partial charge in [0, 0.05) is 12.1 Å². The number of nitrogens with one attached hydrogen (secondary N) is 1. The van der Waals surface area contributed by atoms with Gasteiger partial charge in [-0.3, -0.25) is 0 Å². The van der Waals surface area contributed by atoms with Gasteiger partial charge in [0.15, 0.2) is 0 Å². The van der Waals surface area contributed by atoms with Gasteiger partial charge in [-0.15, -0.1) is 0 Å². The van der Waals surface area contributed by atoms with Crippen molar-refractivity contribution < 1.29 is 5.11 Å². The first-order chi connectivity index (χ1) is 9.75. The number of aliphatic hydroxyl groups excluding tert-OH is 1. The summed E-state index contributed by atoms with van der Waals surface area (Å²) in [5, 5.41) is 14.0. The van der Waals surface area contributed by atoms with Crippen LogP contribution in [0.15, 0.2) is 54.6 Å². The fourth-order valence-corrected chi connectivity index (χ4v) is 3.08. The Morgan fingerprint density at radius 3 is 2.55 bits per heavy atom. The first-order valence-corrected chi connectivity index (χ1v) is 7.32. The number of aryl methyl sites for hydroxylation is 1. The maximum Gasteiger partial charge on any atom is 0.0940 e. The third-order valence-electron chi connectivity index (χ3n) is 4.21. The fourth-order valence-electron chi connectivity index (χ4n) is 3.08. The van der Waals surface area contributed by atoms with Gasteiger partial charge in [-0.25, -0.2) is 0 Å². The highest BCUT2D eigenvalue weighted by Gasteiger charge is 2.25. The van der Waals surface area contributed by atoms with Gasteiger partial charge in [0.1, 0.15) is 0 Å². The van der Waals surface area contributed by atoms with Crippen LogP contribution in [-0.2, 0) is 6.42 Å². The number of hydrogen-bond donors (Lipinski definition) is 2. The van der Waals surface area contributed by atoms with Gasteiger partial charge in [0.25, 0.3) is 0 Å². The predicted octanol–water partition coefficient (Wildman–Crippen LogP) is 3.39. The summed E-state index contributed by atoms with van der Waals surface area (Å²) in [6.45, 7) is 2.05. The monoisotopic (exact) mass is 267 g/mol. The zero-order valence-corrected chi connectivity index (χ0v) is 11.8. The molecule has 2 aromatic carbocycles. The molecule has 0 saturated carbocycles. The van der Waals surface area contributed by atoms with Crippen molar-refractivity contribution in [2.24, 2.45) is 0 Å². The summed E-state index contributed by atoms with van der Waals surface area (Å²) in [5.41, 5.74) is 3.80. The van der Waals surface area contributed by atoms with E-state index in [-0.39, 0.29) is 6.04 Å². The maximum absolute atomic E-state index is 10.4. The van der Waals surface area contributed by atoms with Crippen molar-refractivity contribution in [1.29, 1.82) is 0 Å². The van der Waals surface area contributed by atoms with Crippen LogP contribution in [-0.4, -0.2) is 11.1 Å². The van der Waals surface area contributed by atoms with E-state index in [1.807, 2.05) is 30.3 Å². The first kappa shape index (κ1) is 13.3. The molecule has 2 heteroatoms. The van der Waals surface area contributed by atoms with Crippen LogP contribution in [0.4, 0.5) is 0 Å². The molecule has 0 aliphatic heterocycles. The molecule has 0 saturated heterocycles. The standard InChI is InChI=1S/C18H21NO/c1-13(18(20)15-8-3-2-4-9-15)19-17-12-11-14-7-5-6-10-16(14)17/h2-10,13,17-20H,11-12H2,1H3. The Labute approximate surface area is 120 Å². The minimum atomic E-state index is -0.469. The number of hydrogen-bond acceptors (Lipinski definition) is 2. The molecule has 3 atom stereocenters. The molecule has 0 spiro atoms. The van der Waals surface area contributed by atoms with Crippen molar-refractivity contribution in [2.75, 3.05) is 0 Å². The Bertz CT molecular complexity index is 567. The van der Waals surface area contributed by atoms with Gasteiger partial charge in [-0.2, -0.15) is 0 Å². The van der Waals surface area contributed by atoms with E-state index >= 15 is 0 Å². The second kappa shape index (κ2) is 5.78. The molecule has 0 radical (unpaired) electrons. The Morgan fingerprint density at radius 2 is 1.75 bits per heavy atom. The smallest absolute Gasteiger partial charge is 0.0940 e. The quantitative estimate of drug-likeness (QED) is 0.890. The van der Waals surface area contributed by atoms with Crippen LogP contribution < -0.4 is 5.32 Å². The van der Waals surface area contributed by atoms with Crippen molar-refractivity contribution in [1.82, 2.24) is 5.32 Å². The van der Waals surface area contributed by atoms with Crippen LogP contribution in [0.25, 0.3) is 0 Å². The van der Waals surface area contributed by atoms with Gasteiger partial charge in [-0.1, -0.05) is 54.6 Å². The van der Waals surface area contributed by atoms with Crippen LogP contribution in [0.1, 0.15) is 42.2 Å². The lowest BCUT2D eigenvalue weighted by Crippen LogP contribution is -2.34. The molecule has 0 fully saturated rings. The lowest BCUT2D eigenvalue weighted by Gasteiger charge is -2.25. The highest BCUT2D eigenvalue weighted by atomic mass is 16.3. The molecule has 2 nitrogen and oxygen atoms in total. The maximum atomic E-state index is 10.4. The summed E-state index contributed by atoms with van der Waals surface area (Å²) in [6, 6.07) is 18.9. The van der Waals surface area contributed by atoms with Crippen molar-refractivity contribution >= 4 is 0 Å². The Balaban J connectivity index is 1.70. The van der Waals surface area contributed by atoms with Crippen LogP contribution in [0.2, 0.25) is 0 Å². The van der Waals surface area contributed by atoms with Crippen LogP contribution >= 0.6 is 0 Å².